The number of aromatic nitrogens is 2. The maximum absolute atomic E-state index is 11.6. The second kappa shape index (κ2) is 7.76. The van der Waals surface area contributed by atoms with E-state index in [0.717, 1.165) is 16.0 Å². The summed E-state index contributed by atoms with van der Waals surface area (Å²) in [6, 6.07) is 14.5. The number of anilines is 2. The van der Waals surface area contributed by atoms with Gasteiger partial charge in [0.2, 0.25) is 0 Å². The molecule has 25 heavy (non-hydrogen) atoms. The second-order valence-electron chi connectivity index (χ2n) is 5.07. The highest BCUT2D eigenvalue weighted by Gasteiger charge is 2.07. The Bertz CT molecular complexity index is 884. The third-order valence-corrected chi connectivity index (χ3v) is 3.77. The van der Waals surface area contributed by atoms with Crippen LogP contribution in [0, 0.1) is 0 Å². The first-order valence-electron chi connectivity index (χ1n) is 7.49. The molecule has 3 rings (SSSR count). The smallest absolute Gasteiger partial charge is 0.269 e. The number of nitrogens with one attached hydrogen (secondary N) is 2. The highest BCUT2D eigenvalue weighted by molar-refractivity contribution is 9.10. The minimum Gasteiger partial charge on any atom is -0.457 e. The zero-order chi connectivity index (χ0) is 17.6. The van der Waals surface area contributed by atoms with Gasteiger partial charge >= 0.3 is 0 Å². The van der Waals surface area contributed by atoms with Crippen molar-refractivity contribution in [2.75, 3.05) is 12.4 Å². The van der Waals surface area contributed by atoms with Crippen molar-refractivity contribution < 1.29 is 9.53 Å². The molecule has 0 aliphatic rings. The number of amides is 1. The van der Waals surface area contributed by atoms with Crippen LogP contribution in [-0.4, -0.2) is 22.9 Å². The van der Waals surface area contributed by atoms with Crippen LogP contribution in [0.25, 0.3) is 0 Å². The zero-order valence-corrected chi connectivity index (χ0v) is 14.9. The van der Waals surface area contributed by atoms with Crippen LogP contribution in [0.2, 0.25) is 0 Å². The normalized spacial score (nSPS) is 10.2. The fourth-order valence-corrected chi connectivity index (χ4v) is 2.43. The Morgan fingerprint density at radius 2 is 1.76 bits per heavy atom. The van der Waals surface area contributed by atoms with E-state index >= 15 is 0 Å². The lowest BCUT2D eigenvalue weighted by Crippen LogP contribution is -2.18. The number of rotatable bonds is 5. The summed E-state index contributed by atoms with van der Waals surface area (Å²) < 4.78 is 6.72. The van der Waals surface area contributed by atoms with E-state index in [1.54, 1.807) is 25.4 Å². The van der Waals surface area contributed by atoms with E-state index in [1.807, 2.05) is 36.4 Å². The van der Waals surface area contributed by atoms with Gasteiger partial charge in [-0.25, -0.2) is 4.98 Å². The van der Waals surface area contributed by atoms with Gasteiger partial charge in [0.05, 0.1) is 0 Å². The molecule has 6 nitrogen and oxygen atoms in total. The van der Waals surface area contributed by atoms with E-state index < -0.39 is 0 Å². The molecule has 2 N–H and O–H groups in total. The van der Waals surface area contributed by atoms with Gasteiger partial charge in [-0.2, -0.15) is 0 Å². The first-order valence-corrected chi connectivity index (χ1v) is 8.28. The lowest BCUT2D eigenvalue weighted by atomic mass is 10.3. The number of hydrogen-bond acceptors (Lipinski definition) is 5. The zero-order valence-electron chi connectivity index (χ0n) is 13.4. The molecular formula is C18H15BrN4O2. The maximum atomic E-state index is 11.6. The molecule has 0 saturated carbocycles. The minimum absolute atomic E-state index is 0.258. The molecule has 0 spiro atoms. The van der Waals surface area contributed by atoms with E-state index in [9.17, 15) is 4.79 Å². The number of pyridine rings is 2. The van der Waals surface area contributed by atoms with E-state index in [0.29, 0.717) is 17.2 Å². The summed E-state index contributed by atoms with van der Waals surface area (Å²) in [5.74, 6) is 1.68. The van der Waals surface area contributed by atoms with Crippen LogP contribution in [0.15, 0.2) is 65.4 Å². The SMILES string of the molecule is CNC(=O)c1cc(Oc2ccc(Nc3cc(Br)ccn3)cc2)ccn1. The van der Waals surface area contributed by atoms with Crippen LogP contribution in [0.3, 0.4) is 0 Å². The molecule has 0 radical (unpaired) electrons. The van der Waals surface area contributed by atoms with E-state index in [2.05, 4.69) is 36.5 Å². The van der Waals surface area contributed by atoms with Crippen LogP contribution in [0.1, 0.15) is 10.5 Å². The Balaban J connectivity index is 1.69. The lowest BCUT2D eigenvalue weighted by Gasteiger charge is -2.09. The average Bonchev–Trinajstić information content (AvgIpc) is 2.63. The monoisotopic (exact) mass is 398 g/mol. The van der Waals surface area contributed by atoms with E-state index in [-0.39, 0.29) is 5.91 Å². The molecule has 0 atom stereocenters. The third-order valence-electron chi connectivity index (χ3n) is 3.28. The summed E-state index contributed by atoms with van der Waals surface area (Å²) >= 11 is 3.41. The molecule has 0 aliphatic heterocycles. The van der Waals surface area contributed by atoms with E-state index in [4.69, 9.17) is 4.74 Å². The van der Waals surface area contributed by atoms with Gasteiger partial charge in [-0.1, -0.05) is 15.9 Å². The number of ether oxygens (including phenoxy) is 1. The topological polar surface area (TPSA) is 76.1 Å². The van der Waals surface area contributed by atoms with Crippen molar-refractivity contribution in [2.45, 2.75) is 0 Å². The van der Waals surface area contributed by atoms with Crippen LogP contribution >= 0.6 is 15.9 Å². The van der Waals surface area contributed by atoms with Crippen LogP contribution < -0.4 is 15.4 Å². The Kier molecular flexibility index (Phi) is 5.25. The van der Waals surface area contributed by atoms with Crippen molar-refractivity contribution in [2.24, 2.45) is 0 Å². The predicted molar refractivity (Wildman–Crippen MR) is 99.4 cm³/mol. The summed E-state index contributed by atoms with van der Waals surface area (Å²) in [7, 11) is 1.56. The standard InChI is InChI=1S/C18H15BrN4O2/c1-20-18(24)16-11-15(7-9-21-16)25-14-4-2-13(3-5-14)23-17-10-12(19)6-8-22-17/h2-11H,1H3,(H,20,24)(H,22,23). The predicted octanol–water partition coefficient (Wildman–Crippen LogP) is 4.13. The van der Waals surface area contributed by atoms with Gasteiger partial charge in [0.15, 0.2) is 0 Å². The fraction of sp³-hybridized carbons (Fsp3) is 0.0556. The maximum Gasteiger partial charge on any atom is 0.269 e. The van der Waals surface area contributed by atoms with Crippen molar-refractivity contribution in [3.8, 4) is 11.5 Å². The minimum atomic E-state index is -0.258. The second-order valence-corrected chi connectivity index (χ2v) is 5.98. The van der Waals surface area contributed by atoms with Gasteiger partial charge in [0.25, 0.3) is 5.91 Å². The number of benzene rings is 1. The third kappa shape index (κ3) is 4.54. The number of hydrogen-bond donors (Lipinski definition) is 2. The molecule has 126 valence electrons. The first kappa shape index (κ1) is 16.9. The summed E-state index contributed by atoms with van der Waals surface area (Å²) in [6.07, 6.45) is 3.26. The summed E-state index contributed by atoms with van der Waals surface area (Å²) in [5.41, 5.74) is 1.19. The molecule has 3 aromatic rings. The molecule has 0 aliphatic carbocycles. The van der Waals surface area contributed by atoms with Gasteiger partial charge in [0, 0.05) is 35.7 Å². The highest BCUT2D eigenvalue weighted by atomic mass is 79.9. The molecule has 1 aromatic carbocycles. The molecule has 0 bridgehead atoms. The van der Waals surface area contributed by atoms with Crippen LogP contribution in [-0.2, 0) is 0 Å². The Morgan fingerprint density at radius 3 is 2.48 bits per heavy atom. The lowest BCUT2D eigenvalue weighted by molar-refractivity contribution is 0.0958. The van der Waals surface area contributed by atoms with Crippen LogP contribution in [0.4, 0.5) is 11.5 Å². The molecular weight excluding hydrogens is 384 g/mol. The van der Waals surface area contributed by atoms with Gasteiger partial charge in [-0.15, -0.1) is 0 Å². The molecule has 0 unspecified atom stereocenters. The summed E-state index contributed by atoms with van der Waals surface area (Å²) in [6.45, 7) is 0. The Labute approximate surface area is 153 Å². The van der Waals surface area contributed by atoms with Crippen LogP contribution in [0.5, 0.6) is 11.5 Å². The highest BCUT2D eigenvalue weighted by Crippen LogP contribution is 2.25. The van der Waals surface area contributed by atoms with Crippen molar-refractivity contribution in [1.82, 2.24) is 15.3 Å². The van der Waals surface area contributed by atoms with Crippen molar-refractivity contribution >= 4 is 33.3 Å². The molecule has 1 amide bonds. The number of carbonyl (C=O) groups excluding carboxylic acids is 1. The van der Waals surface area contributed by atoms with Gasteiger partial charge in [0.1, 0.15) is 23.0 Å². The largest absolute Gasteiger partial charge is 0.457 e. The number of carbonyl (C=O) groups is 1. The number of halogens is 1. The molecule has 0 saturated heterocycles. The molecule has 2 heterocycles. The summed E-state index contributed by atoms with van der Waals surface area (Å²) in [4.78, 5) is 19.9. The molecule has 7 heteroatoms. The fourth-order valence-electron chi connectivity index (χ4n) is 2.09. The summed E-state index contributed by atoms with van der Waals surface area (Å²) in [5, 5.41) is 5.74. The Hall–Kier alpha value is -2.93. The quantitative estimate of drug-likeness (QED) is 0.675. The van der Waals surface area contributed by atoms with Gasteiger partial charge in [-0.3, -0.25) is 9.78 Å². The van der Waals surface area contributed by atoms with E-state index in [1.165, 1.54) is 6.20 Å². The molecule has 0 fully saturated rings. The Morgan fingerprint density at radius 1 is 1.00 bits per heavy atom. The van der Waals surface area contributed by atoms with Crippen molar-refractivity contribution in [3.05, 3.63) is 71.1 Å². The first-order chi connectivity index (χ1) is 12.1. The van der Waals surface area contributed by atoms with Crippen molar-refractivity contribution in [3.63, 3.8) is 0 Å². The van der Waals surface area contributed by atoms with Gasteiger partial charge in [-0.05, 0) is 42.5 Å². The number of nitrogens with zero attached hydrogens (tertiary/aromatic N) is 2. The van der Waals surface area contributed by atoms with Gasteiger partial charge < -0.3 is 15.4 Å². The average molecular weight is 399 g/mol. The van der Waals surface area contributed by atoms with Crippen molar-refractivity contribution in [1.29, 1.82) is 0 Å². The molecule has 2 aromatic heterocycles.